The van der Waals surface area contributed by atoms with Crippen LogP contribution in [0, 0.1) is 17.1 Å². The van der Waals surface area contributed by atoms with Crippen molar-refractivity contribution in [2.24, 2.45) is 0 Å². The molecule has 0 bridgehead atoms. The topological polar surface area (TPSA) is 61.6 Å². The van der Waals surface area contributed by atoms with Gasteiger partial charge in [0.1, 0.15) is 5.69 Å². The summed E-state index contributed by atoms with van der Waals surface area (Å²) in [6.07, 6.45) is 3.29. The summed E-state index contributed by atoms with van der Waals surface area (Å²) in [5, 5.41) is 12.8. The van der Waals surface area contributed by atoms with Crippen molar-refractivity contribution in [3.8, 4) is 17.3 Å². The maximum absolute atomic E-state index is 15.4. The molecule has 2 aromatic heterocycles. The number of pyridine rings is 2. The third-order valence-electron chi connectivity index (χ3n) is 4.07. The molecule has 0 aliphatic heterocycles. The lowest BCUT2D eigenvalue weighted by molar-refractivity contribution is 0.632. The number of nitrogens with one attached hydrogen (secondary N) is 1. The Bertz CT molecular complexity index is 1120. The van der Waals surface area contributed by atoms with Crippen LogP contribution in [0.2, 0.25) is 0 Å². The van der Waals surface area contributed by atoms with Gasteiger partial charge in [0.05, 0.1) is 22.8 Å². The van der Waals surface area contributed by atoms with E-state index in [0.29, 0.717) is 27.7 Å². The molecule has 1 N–H and O–H groups in total. The van der Waals surface area contributed by atoms with Crippen molar-refractivity contribution in [2.45, 2.75) is 0 Å². The van der Waals surface area contributed by atoms with Crippen LogP contribution in [0.25, 0.3) is 22.2 Å². The smallest absolute Gasteiger partial charge is 0.173 e. The van der Waals surface area contributed by atoms with Gasteiger partial charge in [-0.2, -0.15) is 5.26 Å². The van der Waals surface area contributed by atoms with E-state index in [4.69, 9.17) is 5.26 Å². The molecule has 124 valence electrons. The molecule has 26 heavy (non-hydrogen) atoms. The van der Waals surface area contributed by atoms with Crippen LogP contribution in [0.4, 0.5) is 15.8 Å². The zero-order valence-electron chi connectivity index (χ0n) is 13.6. The normalized spacial score (nSPS) is 10.5. The lowest BCUT2D eigenvalue weighted by Crippen LogP contribution is -2.00. The molecule has 4 nitrogen and oxygen atoms in total. The van der Waals surface area contributed by atoms with E-state index < -0.39 is 5.82 Å². The molecule has 0 aliphatic carbocycles. The molecule has 0 aliphatic rings. The maximum atomic E-state index is 15.4. The van der Waals surface area contributed by atoms with Gasteiger partial charge in [-0.3, -0.25) is 4.98 Å². The fraction of sp³-hybridized carbons (Fsp3) is 0. The highest BCUT2D eigenvalue weighted by molar-refractivity contribution is 5.95. The second kappa shape index (κ2) is 6.61. The summed E-state index contributed by atoms with van der Waals surface area (Å²) in [6, 6.07) is 19.7. The predicted molar refractivity (Wildman–Crippen MR) is 99.4 cm³/mol. The van der Waals surface area contributed by atoms with Crippen molar-refractivity contribution in [2.75, 3.05) is 5.32 Å². The van der Waals surface area contributed by atoms with E-state index in [-0.39, 0.29) is 5.69 Å². The van der Waals surface area contributed by atoms with Gasteiger partial charge in [-0.15, -0.1) is 0 Å². The Morgan fingerprint density at radius 2 is 1.65 bits per heavy atom. The summed E-state index contributed by atoms with van der Waals surface area (Å²) >= 11 is 0. The molecule has 0 unspecified atom stereocenters. The van der Waals surface area contributed by atoms with E-state index >= 15 is 4.39 Å². The second-order valence-electron chi connectivity index (χ2n) is 5.72. The van der Waals surface area contributed by atoms with E-state index in [9.17, 15) is 0 Å². The van der Waals surface area contributed by atoms with Crippen LogP contribution in [0.3, 0.4) is 0 Å². The Morgan fingerprint density at radius 3 is 2.38 bits per heavy atom. The fourth-order valence-electron chi connectivity index (χ4n) is 2.78. The third kappa shape index (κ3) is 2.85. The molecule has 0 saturated heterocycles. The quantitative estimate of drug-likeness (QED) is 0.567. The first kappa shape index (κ1) is 15.7. The number of halogens is 1. The molecule has 0 spiro atoms. The molecule has 4 rings (SSSR count). The molecule has 0 saturated carbocycles. The van der Waals surface area contributed by atoms with E-state index in [1.165, 1.54) is 0 Å². The van der Waals surface area contributed by atoms with Gasteiger partial charge in [0, 0.05) is 29.0 Å². The van der Waals surface area contributed by atoms with Gasteiger partial charge in [0.15, 0.2) is 5.82 Å². The molecule has 0 radical (unpaired) electrons. The van der Waals surface area contributed by atoms with Crippen LogP contribution in [0.5, 0.6) is 0 Å². The Labute approximate surface area is 149 Å². The summed E-state index contributed by atoms with van der Waals surface area (Å²) in [5.41, 5.74) is 3.16. The van der Waals surface area contributed by atoms with Crippen LogP contribution >= 0.6 is 0 Å². The van der Waals surface area contributed by atoms with Gasteiger partial charge < -0.3 is 5.32 Å². The Kier molecular flexibility index (Phi) is 4.00. The summed E-state index contributed by atoms with van der Waals surface area (Å²) in [5.74, 6) is -0.440. The zero-order chi connectivity index (χ0) is 17.9. The average molecular weight is 340 g/mol. The maximum Gasteiger partial charge on any atom is 0.173 e. The van der Waals surface area contributed by atoms with Crippen LogP contribution in [-0.4, -0.2) is 9.97 Å². The molecule has 4 aromatic rings. The fourth-order valence-corrected chi connectivity index (χ4v) is 2.78. The van der Waals surface area contributed by atoms with Gasteiger partial charge in [0.25, 0.3) is 0 Å². The summed E-state index contributed by atoms with van der Waals surface area (Å²) < 4.78 is 15.4. The number of hydrogen-bond donors (Lipinski definition) is 1. The van der Waals surface area contributed by atoms with Gasteiger partial charge >= 0.3 is 0 Å². The number of nitrogens with zero attached hydrogens (tertiary/aromatic N) is 3. The number of aromatic nitrogens is 2. The van der Waals surface area contributed by atoms with Crippen molar-refractivity contribution in [3.05, 3.63) is 84.4 Å². The second-order valence-corrected chi connectivity index (χ2v) is 5.72. The number of rotatable bonds is 3. The molecule has 2 heterocycles. The van der Waals surface area contributed by atoms with Crippen LogP contribution in [-0.2, 0) is 0 Å². The monoisotopic (exact) mass is 340 g/mol. The lowest BCUT2D eigenvalue weighted by atomic mass is 10.1. The Hall–Kier alpha value is -3.78. The van der Waals surface area contributed by atoms with Crippen LogP contribution in [0.1, 0.15) is 5.56 Å². The molecule has 2 aromatic carbocycles. The highest BCUT2D eigenvalue weighted by atomic mass is 19.1. The van der Waals surface area contributed by atoms with Crippen molar-refractivity contribution in [1.29, 1.82) is 5.26 Å². The van der Waals surface area contributed by atoms with E-state index in [0.717, 1.165) is 5.69 Å². The minimum absolute atomic E-state index is 0.241. The zero-order valence-corrected chi connectivity index (χ0v) is 13.6. The number of fused-ring (bicyclic) bond motifs is 1. The number of hydrogen-bond acceptors (Lipinski definition) is 4. The van der Waals surface area contributed by atoms with Gasteiger partial charge in [-0.05, 0) is 30.3 Å². The molecular weight excluding hydrogens is 327 g/mol. The molecule has 5 heteroatoms. The van der Waals surface area contributed by atoms with Crippen LogP contribution in [0.15, 0.2) is 73.1 Å². The molecule has 0 amide bonds. The van der Waals surface area contributed by atoms with Crippen molar-refractivity contribution in [3.63, 3.8) is 0 Å². The van der Waals surface area contributed by atoms with Gasteiger partial charge in [0.2, 0.25) is 0 Å². The minimum Gasteiger partial charge on any atom is -0.352 e. The van der Waals surface area contributed by atoms with E-state index in [2.05, 4.69) is 21.4 Å². The van der Waals surface area contributed by atoms with Crippen molar-refractivity contribution >= 4 is 22.3 Å². The SMILES string of the molecule is N#Cc1ccc(-c2nc3ccccc3c(Nc3ccncc3)c2F)cc1. The van der Waals surface area contributed by atoms with Crippen molar-refractivity contribution in [1.82, 2.24) is 9.97 Å². The first-order chi connectivity index (χ1) is 12.8. The number of anilines is 2. The van der Waals surface area contributed by atoms with Gasteiger partial charge in [-0.25, -0.2) is 9.37 Å². The first-order valence-electron chi connectivity index (χ1n) is 8.02. The number of benzene rings is 2. The molecular formula is C21H13FN4. The Balaban J connectivity index is 1.91. The number of para-hydroxylation sites is 1. The lowest BCUT2D eigenvalue weighted by Gasteiger charge is -2.14. The van der Waals surface area contributed by atoms with Crippen LogP contribution < -0.4 is 5.32 Å². The van der Waals surface area contributed by atoms with Gasteiger partial charge in [-0.1, -0.05) is 30.3 Å². The standard InChI is InChI=1S/C21H13FN4/c22-19-20(15-7-5-14(13-23)6-8-15)26-18-4-2-1-3-17(18)21(19)25-16-9-11-24-12-10-16/h1-12H,(H,24,25,26). The average Bonchev–Trinajstić information content (AvgIpc) is 2.71. The highest BCUT2D eigenvalue weighted by Gasteiger charge is 2.16. The summed E-state index contributed by atoms with van der Waals surface area (Å²) in [4.78, 5) is 8.47. The molecule has 0 atom stereocenters. The first-order valence-corrected chi connectivity index (χ1v) is 8.02. The Morgan fingerprint density at radius 1 is 0.923 bits per heavy atom. The molecule has 0 fully saturated rings. The minimum atomic E-state index is -0.440. The van der Waals surface area contributed by atoms with Crippen molar-refractivity contribution < 1.29 is 4.39 Å². The summed E-state index contributed by atoms with van der Waals surface area (Å²) in [6.45, 7) is 0. The number of nitriles is 1. The third-order valence-corrected chi connectivity index (χ3v) is 4.07. The largest absolute Gasteiger partial charge is 0.352 e. The van der Waals surface area contributed by atoms with E-state index in [1.807, 2.05) is 24.3 Å². The van der Waals surface area contributed by atoms with E-state index in [1.54, 1.807) is 48.8 Å². The highest BCUT2D eigenvalue weighted by Crippen LogP contribution is 2.34. The predicted octanol–water partition coefficient (Wildman–Crippen LogP) is 5.05. The summed E-state index contributed by atoms with van der Waals surface area (Å²) in [7, 11) is 0.